The normalized spacial score (nSPS) is 10.6. The first-order chi connectivity index (χ1) is 14.3. The molecule has 1 aromatic heterocycles. The molecule has 0 fully saturated rings. The minimum absolute atomic E-state index is 0.0376. The SMILES string of the molecule is C=CCN(CC(=O)N(Cc1cccn1C)CC(C)C)C(=O)Nc1ccccc1OC. The number of anilines is 1. The number of rotatable bonds is 10. The third-order valence-electron chi connectivity index (χ3n) is 4.65. The number of nitrogens with zero attached hydrogens (tertiary/aromatic N) is 3. The molecule has 0 aliphatic heterocycles. The van der Waals surface area contributed by atoms with E-state index in [1.54, 1.807) is 30.2 Å². The Morgan fingerprint density at radius 2 is 1.93 bits per heavy atom. The first kappa shape index (κ1) is 23.1. The summed E-state index contributed by atoms with van der Waals surface area (Å²) in [5, 5.41) is 2.83. The Bertz CT molecular complexity index is 860. The van der Waals surface area contributed by atoms with E-state index in [9.17, 15) is 9.59 Å². The number of amides is 3. The van der Waals surface area contributed by atoms with Crippen LogP contribution in [0.2, 0.25) is 0 Å². The van der Waals surface area contributed by atoms with E-state index in [0.29, 0.717) is 30.4 Å². The summed E-state index contributed by atoms with van der Waals surface area (Å²) in [4.78, 5) is 29.2. The number of aromatic nitrogens is 1. The zero-order chi connectivity index (χ0) is 22.1. The van der Waals surface area contributed by atoms with Crippen molar-refractivity contribution in [1.29, 1.82) is 0 Å². The van der Waals surface area contributed by atoms with Crippen molar-refractivity contribution in [2.24, 2.45) is 13.0 Å². The number of ether oxygens (including phenoxy) is 1. The zero-order valence-corrected chi connectivity index (χ0v) is 18.3. The molecule has 0 saturated carbocycles. The number of hydrogen-bond acceptors (Lipinski definition) is 3. The molecule has 0 atom stereocenters. The van der Waals surface area contributed by atoms with Crippen LogP contribution in [0, 0.1) is 5.92 Å². The number of hydrogen-bond donors (Lipinski definition) is 1. The first-order valence-electron chi connectivity index (χ1n) is 10.0. The molecule has 3 amide bonds. The van der Waals surface area contributed by atoms with Gasteiger partial charge in [-0.3, -0.25) is 4.79 Å². The van der Waals surface area contributed by atoms with Gasteiger partial charge in [-0.1, -0.05) is 32.1 Å². The molecular formula is C23H32N4O3. The van der Waals surface area contributed by atoms with Gasteiger partial charge in [-0.15, -0.1) is 6.58 Å². The zero-order valence-electron chi connectivity index (χ0n) is 18.3. The lowest BCUT2D eigenvalue weighted by atomic mass is 10.2. The van der Waals surface area contributed by atoms with Crippen molar-refractivity contribution >= 4 is 17.6 Å². The van der Waals surface area contributed by atoms with Crippen molar-refractivity contribution in [3.05, 3.63) is 60.9 Å². The summed E-state index contributed by atoms with van der Waals surface area (Å²) in [6, 6.07) is 10.7. The molecule has 7 heteroatoms. The predicted molar refractivity (Wildman–Crippen MR) is 119 cm³/mol. The Hall–Kier alpha value is -3.22. The Morgan fingerprint density at radius 3 is 2.53 bits per heavy atom. The fourth-order valence-corrected chi connectivity index (χ4v) is 3.13. The van der Waals surface area contributed by atoms with Crippen LogP contribution in [0.4, 0.5) is 10.5 Å². The van der Waals surface area contributed by atoms with Gasteiger partial charge in [-0.2, -0.15) is 0 Å². The number of carbonyl (C=O) groups is 2. The maximum atomic E-state index is 13.1. The molecule has 162 valence electrons. The lowest BCUT2D eigenvalue weighted by Crippen LogP contribution is -2.45. The molecule has 0 aliphatic rings. The van der Waals surface area contributed by atoms with Crippen LogP contribution >= 0.6 is 0 Å². The number of aryl methyl sites for hydroxylation is 1. The first-order valence-corrected chi connectivity index (χ1v) is 10.0. The van der Waals surface area contributed by atoms with E-state index < -0.39 is 0 Å². The van der Waals surface area contributed by atoms with Crippen molar-refractivity contribution in [2.75, 3.05) is 32.1 Å². The molecule has 7 nitrogen and oxygen atoms in total. The smallest absolute Gasteiger partial charge is 0.322 e. The van der Waals surface area contributed by atoms with Crippen LogP contribution in [-0.2, 0) is 18.4 Å². The van der Waals surface area contributed by atoms with E-state index in [1.165, 1.54) is 4.90 Å². The maximum Gasteiger partial charge on any atom is 0.322 e. The van der Waals surface area contributed by atoms with Gasteiger partial charge in [0.25, 0.3) is 0 Å². The molecule has 2 aromatic rings. The third kappa shape index (κ3) is 6.40. The molecule has 0 radical (unpaired) electrons. The minimum Gasteiger partial charge on any atom is -0.495 e. The van der Waals surface area contributed by atoms with Gasteiger partial charge in [0.1, 0.15) is 12.3 Å². The molecule has 0 bridgehead atoms. The van der Waals surface area contributed by atoms with E-state index in [2.05, 4.69) is 25.7 Å². The summed E-state index contributed by atoms with van der Waals surface area (Å²) in [5.74, 6) is 0.757. The quantitative estimate of drug-likeness (QED) is 0.605. The maximum absolute atomic E-state index is 13.1. The highest BCUT2D eigenvalue weighted by Gasteiger charge is 2.22. The molecule has 2 rings (SSSR count). The summed E-state index contributed by atoms with van der Waals surface area (Å²) in [6.07, 6.45) is 3.57. The predicted octanol–water partition coefficient (Wildman–Crippen LogP) is 3.74. The van der Waals surface area contributed by atoms with Crippen LogP contribution in [0.5, 0.6) is 5.75 Å². The van der Waals surface area contributed by atoms with Gasteiger partial charge < -0.3 is 24.4 Å². The van der Waals surface area contributed by atoms with Crippen LogP contribution in [0.1, 0.15) is 19.5 Å². The Balaban J connectivity index is 2.13. The van der Waals surface area contributed by atoms with Gasteiger partial charge in [0.2, 0.25) is 5.91 Å². The summed E-state index contributed by atoms with van der Waals surface area (Å²) >= 11 is 0. The van der Waals surface area contributed by atoms with Crippen LogP contribution in [-0.4, -0.2) is 53.0 Å². The molecule has 0 unspecified atom stereocenters. The number of urea groups is 1. The van der Waals surface area contributed by atoms with Crippen LogP contribution < -0.4 is 10.1 Å². The number of para-hydroxylation sites is 2. The van der Waals surface area contributed by atoms with Crippen molar-refractivity contribution in [1.82, 2.24) is 14.4 Å². The van der Waals surface area contributed by atoms with Crippen molar-refractivity contribution in [3.63, 3.8) is 0 Å². The largest absolute Gasteiger partial charge is 0.495 e. The van der Waals surface area contributed by atoms with Gasteiger partial charge in [0.05, 0.1) is 19.3 Å². The van der Waals surface area contributed by atoms with Gasteiger partial charge in [-0.25, -0.2) is 4.79 Å². The number of benzene rings is 1. The topological polar surface area (TPSA) is 66.8 Å². The summed E-state index contributed by atoms with van der Waals surface area (Å²) in [7, 11) is 3.50. The fourth-order valence-electron chi connectivity index (χ4n) is 3.13. The highest BCUT2D eigenvalue weighted by atomic mass is 16.5. The van der Waals surface area contributed by atoms with Gasteiger partial charge in [0.15, 0.2) is 0 Å². The molecule has 30 heavy (non-hydrogen) atoms. The van der Waals surface area contributed by atoms with E-state index >= 15 is 0 Å². The summed E-state index contributed by atoms with van der Waals surface area (Å²) < 4.78 is 7.28. The van der Waals surface area contributed by atoms with Crippen molar-refractivity contribution in [2.45, 2.75) is 20.4 Å². The summed E-state index contributed by atoms with van der Waals surface area (Å²) in [6.45, 7) is 9.19. The van der Waals surface area contributed by atoms with E-state index in [-0.39, 0.29) is 25.0 Å². The second-order valence-electron chi connectivity index (χ2n) is 7.58. The fraction of sp³-hybridized carbons (Fsp3) is 0.391. The molecule has 0 aliphatic carbocycles. The Morgan fingerprint density at radius 1 is 1.20 bits per heavy atom. The van der Waals surface area contributed by atoms with Crippen LogP contribution in [0.3, 0.4) is 0 Å². The Kier molecular flexibility index (Phi) is 8.53. The van der Waals surface area contributed by atoms with Crippen molar-refractivity contribution < 1.29 is 14.3 Å². The molecular weight excluding hydrogens is 380 g/mol. The van der Waals surface area contributed by atoms with Gasteiger partial charge in [-0.05, 0) is 30.2 Å². The Labute approximate surface area is 178 Å². The summed E-state index contributed by atoms with van der Waals surface area (Å²) in [5.41, 5.74) is 1.59. The van der Waals surface area contributed by atoms with Gasteiger partial charge >= 0.3 is 6.03 Å². The molecule has 1 heterocycles. The van der Waals surface area contributed by atoms with E-state index in [1.807, 2.05) is 42.1 Å². The average molecular weight is 413 g/mol. The van der Waals surface area contributed by atoms with E-state index in [0.717, 1.165) is 5.69 Å². The van der Waals surface area contributed by atoms with Crippen LogP contribution in [0.25, 0.3) is 0 Å². The molecule has 1 N–H and O–H groups in total. The third-order valence-corrected chi connectivity index (χ3v) is 4.65. The standard InChI is InChI=1S/C23H32N4O3/c1-6-13-26(23(29)24-20-11-7-8-12-21(20)30-5)17-22(28)27(15-18(2)3)16-19-10-9-14-25(19)4/h6-12,14,18H,1,13,15-17H2,2-5H3,(H,24,29). The molecule has 1 aromatic carbocycles. The second kappa shape index (κ2) is 11.1. The number of nitrogens with one attached hydrogen (secondary N) is 1. The molecule has 0 spiro atoms. The lowest BCUT2D eigenvalue weighted by Gasteiger charge is -2.28. The average Bonchev–Trinajstić information content (AvgIpc) is 3.11. The van der Waals surface area contributed by atoms with E-state index in [4.69, 9.17) is 4.74 Å². The number of methoxy groups -OCH3 is 1. The van der Waals surface area contributed by atoms with Crippen LogP contribution in [0.15, 0.2) is 55.3 Å². The minimum atomic E-state index is -0.379. The molecule has 0 saturated heterocycles. The second-order valence-corrected chi connectivity index (χ2v) is 7.58. The van der Waals surface area contributed by atoms with Crippen molar-refractivity contribution in [3.8, 4) is 5.75 Å². The highest BCUT2D eigenvalue weighted by molar-refractivity contribution is 5.93. The highest BCUT2D eigenvalue weighted by Crippen LogP contribution is 2.23. The monoisotopic (exact) mass is 412 g/mol. The lowest BCUT2D eigenvalue weighted by molar-refractivity contribution is -0.132. The number of carbonyl (C=O) groups excluding carboxylic acids is 2. The van der Waals surface area contributed by atoms with Gasteiger partial charge in [0, 0.05) is 32.0 Å².